The van der Waals surface area contributed by atoms with E-state index in [1.807, 2.05) is 6.92 Å². The molecule has 0 aromatic carbocycles. The van der Waals surface area contributed by atoms with Gasteiger partial charge in [-0.05, 0) is 45.1 Å². The molecule has 0 aromatic heterocycles. The highest BCUT2D eigenvalue weighted by Crippen LogP contribution is 2.02. The van der Waals surface area contributed by atoms with Crippen molar-refractivity contribution < 1.29 is 9.47 Å². The van der Waals surface area contributed by atoms with E-state index in [9.17, 15) is 0 Å². The summed E-state index contributed by atoms with van der Waals surface area (Å²) in [5.74, 6) is 0.794. The van der Waals surface area contributed by atoms with Gasteiger partial charge in [-0.15, -0.1) is 0 Å². The first kappa shape index (κ1) is 16.9. The van der Waals surface area contributed by atoms with E-state index < -0.39 is 0 Å². The summed E-state index contributed by atoms with van der Waals surface area (Å²) in [6.07, 6.45) is 4.79. The van der Waals surface area contributed by atoms with Crippen LogP contribution in [0.2, 0.25) is 0 Å². The lowest BCUT2D eigenvalue weighted by atomic mass is 10.1. The molecule has 1 N–H and O–H groups in total. The summed E-state index contributed by atoms with van der Waals surface area (Å²) in [6, 6.07) is 0. The molecule has 3 nitrogen and oxygen atoms in total. The maximum Gasteiger partial charge on any atom is 0.0590 e. The lowest BCUT2D eigenvalue weighted by molar-refractivity contribution is 0.128. The Morgan fingerprint density at radius 2 is 1.65 bits per heavy atom. The Labute approximate surface area is 107 Å². The second-order valence-corrected chi connectivity index (χ2v) is 4.80. The lowest BCUT2D eigenvalue weighted by Crippen LogP contribution is -2.21. The predicted octanol–water partition coefficient (Wildman–Crippen LogP) is 2.85. The van der Waals surface area contributed by atoms with Crippen LogP contribution >= 0.6 is 0 Å². The van der Waals surface area contributed by atoms with Crippen LogP contribution in [-0.4, -0.2) is 39.5 Å². The highest BCUT2D eigenvalue weighted by Gasteiger charge is 1.94. The third-order valence-electron chi connectivity index (χ3n) is 2.59. The van der Waals surface area contributed by atoms with Gasteiger partial charge < -0.3 is 14.8 Å². The van der Waals surface area contributed by atoms with E-state index >= 15 is 0 Å². The topological polar surface area (TPSA) is 30.5 Å². The van der Waals surface area contributed by atoms with Gasteiger partial charge in [0.1, 0.15) is 0 Å². The van der Waals surface area contributed by atoms with Crippen LogP contribution in [0.15, 0.2) is 0 Å². The highest BCUT2D eigenvalue weighted by atomic mass is 16.5. The van der Waals surface area contributed by atoms with Gasteiger partial charge in [-0.1, -0.05) is 13.8 Å². The zero-order chi connectivity index (χ0) is 12.8. The molecule has 0 aliphatic heterocycles. The van der Waals surface area contributed by atoms with Crippen molar-refractivity contribution in [1.82, 2.24) is 5.32 Å². The molecule has 0 aliphatic rings. The van der Waals surface area contributed by atoms with Gasteiger partial charge in [0.2, 0.25) is 0 Å². The van der Waals surface area contributed by atoms with Crippen molar-refractivity contribution in [3.05, 3.63) is 0 Å². The van der Waals surface area contributed by atoms with Crippen LogP contribution in [-0.2, 0) is 9.47 Å². The number of nitrogens with one attached hydrogen (secondary N) is 1. The molecule has 0 amide bonds. The monoisotopic (exact) mass is 245 g/mol. The van der Waals surface area contributed by atoms with E-state index in [4.69, 9.17) is 9.47 Å². The quantitative estimate of drug-likeness (QED) is 0.506. The normalized spacial score (nSPS) is 11.3. The van der Waals surface area contributed by atoms with Gasteiger partial charge in [-0.2, -0.15) is 0 Å². The molecule has 0 spiro atoms. The van der Waals surface area contributed by atoms with Gasteiger partial charge in [0.05, 0.1) is 6.61 Å². The van der Waals surface area contributed by atoms with Gasteiger partial charge in [-0.3, -0.25) is 0 Å². The molecule has 0 aromatic rings. The summed E-state index contributed by atoms with van der Waals surface area (Å²) in [6.45, 7) is 12.1. The van der Waals surface area contributed by atoms with E-state index in [-0.39, 0.29) is 0 Å². The fourth-order valence-corrected chi connectivity index (χ4v) is 1.56. The number of unbranched alkanes of at least 4 members (excludes halogenated alkanes) is 1. The van der Waals surface area contributed by atoms with E-state index in [1.54, 1.807) is 0 Å². The molecule has 3 heteroatoms. The Hall–Kier alpha value is -0.120. The number of rotatable bonds is 13. The van der Waals surface area contributed by atoms with Crippen LogP contribution in [0.4, 0.5) is 0 Å². The average Bonchev–Trinajstić information content (AvgIpc) is 2.30. The molecule has 0 saturated heterocycles. The van der Waals surface area contributed by atoms with Crippen molar-refractivity contribution in [1.29, 1.82) is 0 Å². The first-order chi connectivity index (χ1) is 8.27. The Bertz CT molecular complexity index is 140. The van der Waals surface area contributed by atoms with E-state index in [0.717, 1.165) is 51.9 Å². The third kappa shape index (κ3) is 15.9. The van der Waals surface area contributed by atoms with E-state index in [2.05, 4.69) is 19.2 Å². The molecule has 0 bridgehead atoms. The van der Waals surface area contributed by atoms with Crippen molar-refractivity contribution >= 4 is 0 Å². The molecule has 0 fully saturated rings. The van der Waals surface area contributed by atoms with Crippen LogP contribution in [0.25, 0.3) is 0 Å². The van der Waals surface area contributed by atoms with Gasteiger partial charge in [0, 0.05) is 26.4 Å². The molecule has 0 unspecified atom stereocenters. The molecule has 0 saturated carbocycles. The van der Waals surface area contributed by atoms with Crippen molar-refractivity contribution in [2.75, 3.05) is 39.5 Å². The Kier molecular flexibility index (Phi) is 13.8. The zero-order valence-corrected chi connectivity index (χ0v) is 12.0. The zero-order valence-electron chi connectivity index (χ0n) is 12.0. The van der Waals surface area contributed by atoms with Gasteiger partial charge in [-0.25, -0.2) is 0 Å². The summed E-state index contributed by atoms with van der Waals surface area (Å²) in [7, 11) is 0. The second-order valence-electron chi connectivity index (χ2n) is 4.80. The Balaban J connectivity index is 2.89. The minimum atomic E-state index is 0.794. The molecule has 17 heavy (non-hydrogen) atoms. The van der Waals surface area contributed by atoms with Crippen molar-refractivity contribution in [3.63, 3.8) is 0 Å². The van der Waals surface area contributed by atoms with Crippen LogP contribution < -0.4 is 5.32 Å². The average molecular weight is 245 g/mol. The first-order valence-corrected chi connectivity index (χ1v) is 7.13. The summed E-state index contributed by atoms with van der Waals surface area (Å²) >= 11 is 0. The standard InChI is InChI=1S/C14H31NO2/c1-4-16-11-6-5-9-15-10-13-17-12-7-8-14(2)3/h14-15H,4-13H2,1-3H3. The number of hydrogen-bond acceptors (Lipinski definition) is 3. The molecule has 104 valence electrons. The molecular formula is C14H31NO2. The fourth-order valence-electron chi connectivity index (χ4n) is 1.56. The smallest absolute Gasteiger partial charge is 0.0590 e. The van der Waals surface area contributed by atoms with Crippen LogP contribution in [0.1, 0.15) is 46.5 Å². The lowest BCUT2D eigenvalue weighted by Gasteiger charge is -2.07. The second kappa shape index (κ2) is 13.9. The molecule has 0 heterocycles. The van der Waals surface area contributed by atoms with Gasteiger partial charge in [0.25, 0.3) is 0 Å². The Morgan fingerprint density at radius 3 is 2.35 bits per heavy atom. The molecule has 0 atom stereocenters. The maximum atomic E-state index is 5.54. The number of ether oxygens (including phenoxy) is 2. The summed E-state index contributed by atoms with van der Waals surface area (Å²) in [4.78, 5) is 0. The van der Waals surface area contributed by atoms with Crippen LogP contribution in [0.3, 0.4) is 0 Å². The van der Waals surface area contributed by atoms with Gasteiger partial charge in [0.15, 0.2) is 0 Å². The number of hydrogen-bond donors (Lipinski definition) is 1. The third-order valence-corrected chi connectivity index (χ3v) is 2.59. The first-order valence-electron chi connectivity index (χ1n) is 7.13. The highest BCUT2D eigenvalue weighted by molar-refractivity contribution is 4.48. The maximum absolute atomic E-state index is 5.54. The van der Waals surface area contributed by atoms with E-state index in [0.29, 0.717) is 0 Å². The predicted molar refractivity (Wildman–Crippen MR) is 73.5 cm³/mol. The summed E-state index contributed by atoms with van der Waals surface area (Å²) in [5, 5.41) is 3.38. The van der Waals surface area contributed by atoms with Crippen LogP contribution in [0.5, 0.6) is 0 Å². The van der Waals surface area contributed by atoms with Gasteiger partial charge >= 0.3 is 0 Å². The molecule has 0 rings (SSSR count). The SMILES string of the molecule is CCOCCCCNCCOCCCC(C)C. The summed E-state index contributed by atoms with van der Waals surface area (Å²) in [5.41, 5.74) is 0. The van der Waals surface area contributed by atoms with E-state index in [1.165, 1.54) is 19.3 Å². The molecular weight excluding hydrogens is 214 g/mol. The van der Waals surface area contributed by atoms with Crippen LogP contribution in [0, 0.1) is 5.92 Å². The summed E-state index contributed by atoms with van der Waals surface area (Å²) < 4.78 is 10.8. The largest absolute Gasteiger partial charge is 0.382 e. The van der Waals surface area contributed by atoms with Crippen molar-refractivity contribution in [3.8, 4) is 0 Å². The fraction of sp³-hybridized carbons (Fsp3) is 1.00. The minimum Gasteiger partial charge on any atom is -0.382 e. The Morgan fingerprint density at radius 1 is 0.882 bits per heavy atom. The van der Waals surface area contributed by atoms with Crippen molar-refractivity contribution in [2.24, 2.45) is 5.92 Å². The molecule has 0 radical (unpaired) electrons. The minimum absolute atomic E-state index is 0.794. The van der Waals surface area contributed by atoms with Crippen molar-refractivity contribution in [2.45, 2.75) is 46.5 Å². The molecule has 0 aliphatic carbocycles.